The van der Waals surface area contributed by atoms with Gasteiger partial charge in [0.05, 0.1) is 31.2 Å². The summed E-state index contributed by atoms with van der Waals surface area (Å²) in [6.45, 7) is 1.65. The summed E-state index contributed by atoms with van der Waals surface area (Å²) in [5.74, 6) is -2.15. The Morgan fingerprint density at radius 2 is 1.52 bits per heavy atom. The lowest BCUT2D eigenvalue weighted by molar-refractivity contribution is -0.253. The van der Waals surface area contributed by atoms with E-state index in [0.717, 1.165) is 5.69 Å². The number of nitrogens with zero attached hydrogens (tertiary/aromatic N) is 4. The van der Waals surface area contributed by atoms with Gasteiger partial charge in [-0.05, 0) is 35.4 Å². The molecule has 4 rings (SSSR count). The van der Waals surface area contributed by atoms with E-state index in [-0.39, 0.29) is 0 Å². The Morgan fingerprint density at radius 1 is 0.939 bits per heavy atom. The predicted octanol–water partition coefficient (Wildman–Crippen LogP) is 3.88. The molecule has 2 aromatic carbocycles. The third-order valence-corrected chi connectivity index (χ3v) is 6.68. The lowest BCUT2D eigenvalue weighted by Gasteiger charge is -2.49. The molecule has 2 aliphatic rings. The lowest BCUT2D eigenvalue weighted by atomic mass is 9.52. The highest BCUT2D eigenvalue weighted by Gasteiger charge is 2.79. The van der Waals surface area contributed by atoms with Gasteiger partial charge in [0.25, 0.3) is 0 Å². The second-order valence-electron chi connectivity index (χ2n) is 8.59. The molecule has 4 atom stereocenters. The third-order valence-electron chi connectivity index (χ3n) is 6.68. The summed E-state index contributed by atoms with van der Waals surface area (Å²) in [6.07, 6.45) is -1.11. The number of hydrogen-bond donors (Lipinski definition) is 1. The average molecular weight is 441 g/mol. The van der Waals surface area contributed by atoms with E-state index in [1.54, 1.807) is 50.4 Å². The predicted molar refractivity (Wildman–Crippen MR) is 119 cm³/mol. The molecule has 1 N–H and O–H groups in total. The summed E-state index contributed by atoms with van der Waals surface area (Å²) in [6, 6.07) is 20.5. The summed E-state index contributed by atoms with van der Waals surface area (Å²) in [5, 5.41) is 40.0. The molecule has 0 saturated carbocycles. The lowest BCUT2D eigenvalue weighted by Crippen LogP contribution is -2.57. The summed E-state index contributed by atoms with van der Waals surface area (Å²) in [4.78, 5) is 1.92. The molecule has 166 valence electrons. The molecule has 2 saturated heterocycles. The fourth-order valence-corrected chi connectivity index (χ4v) is 5.03. The van der Waals surface area contributed by atoms with Crippen LogP contribution in [-0.4, -0.2) is 32.9 Å². The minimum absolute atomic E-state index is 0.441. The van der Waals surface area contributed by atoms with Crippen LogP contribution in [-0.2, 0) is 9.47 Å². The van der Waals surface area contributed by atoms with Gasteiger partial charge >= 0.3 is 0 Å². The van der Waals surface area contributed by atoms with Crippen LogP contribution in [0.4, 0.5) is 5.69 Å². The molecule has 2 aromatic rings. The van der Waals surface area contributed by atoms with Crippen LogP contribution in [0.25, 0.3) is 0 Å². The molecule has 0 aliphatic carbocycles. The van der Waals surface area contributed by atoms with Gasteiger partial charge in [0.15, 0.2) is 5.41 Å². The highest BCUT2D eigenvalue weighted by molar-refractivity contribution is 5.90. The van der Waals surface area contributed by atoms with Crippen molar-refractivity contribution in [1.82, 2.24) is 0 Å². The van der Waals surface area contributed by atoms with Crippen molar-refractivity contribution >= 4 is 11.6 Å². The molecule has 8 nitrogen and oxygen atoms in total. The average Bonchev–Trinajstić information content (AvgIpc) is 3.01. The topological polar surface area (TPSA) is 126 Å². The standard InChI is InChI=1S/C25H23N5O3/c1-23-20(16-7-11-19(31-4)12-8-16)25(15-28,22(29)33-23)24(13-26,14-27)21(32-23)17-5-9-18(10-6-17)30(2)3/h5-12,20-21,29H,1-4H3. The van der Waals surface area contributed by atoms with E-state index in [1.807, 2.05) is 31.1 Å². The normalized spacial score (nSPS) is 29.2. The van der Waals surface area contributed by atoms with Crippen LogP contribution >= 0.6 is 0 Å². The Kier molecular flexibility index (Phi) is 5.04. The molecule has 0 amide bonds. The number of ether oxygens (including phenoxy) is 3. The van der Waals surface area contributed by atoms with E-state index in [4.69, 9.17) is 19.6 Å². The molecule has 2 fully saturated rings. The largest absolute Gasteiger partial charge is 0.497 e. The maximum absolute atomic E-state index is 10.5. The van der Waals surface area contributed by atoms with Crippen molar-refractivity contribution < 1.29 is 14.2 Å². The first-order valence-electron chi connectivity index (χ1n) is 10.3. The van der Waals surface area contributed by atoms with Crippen LogP contribution in [0, 0.1) is 50.2 Å². The summed E-state index contributed by atoms with van der Waals surface area (Å²) >= 11 is 0. The van der Waals surface area contributed by atoms with Gasteiger partial charge in [-0.3, -0.25) is 5.41 Å². The molecule has 2 heterocycles. The van der Waals surface area contributed by atoms with Gasteiger partial charge in [0.2, 0.25) is 17.1 Å². The molecule has 8 heteroatoms. The van der Waals surface area contributed by atoms with Crippen molar-refractivity contribution in [1.29, 1.82) is 21.2 Å². The van der Waals surface area contributed by atoms with Crippen molar-refractivity contribution in [3.8, 4) is 24.0 Å². The highest BCUT2D eigenvalue weighted by Crippen LogP contribution is 2.69. The SMILES string of the molecule is COc1ccc(C2C3(C)OC(=N)C2(C#N)C(C#N)(C#N)C(c2ccc(N(C)C)cc2)O3)cc1. The van der Waals surface area contributed by atoms with Crippen LogP contribution in [0.1, 0.15) is 30.1 Å². The van der Waals surface area contributed by atoms with Gasteiger partial charge in [-0.15, -0.1) is 0 Å². The van der Waals surface area contributed by atoms with E-state index in [0.29, 0.717) is 16.9 Å². The fourth-order valence-electron chi connectivity index (χ4n) is 5.03. The van der Waals surface area contributed by atoms with Gasteiger partial charge in [0.1, 0.15) is 11.9 Å². The van der Waals surface area contributed by atoms with Crippen molar-refractivity contribution in [3.05, 3.63) is 59.7 Å². The third kappa shape index (κ3) is 2.80. The van der Waals surface area contributed by atoms with Crippen LogP contribution in [0.15, 0.2) is 48.5 Å². The minimum Gasteiger partial charge on any atom is -0.497 e. The quantitative estimate of drug-likeness (QED) is 0.763. The van der Waals surface area contributed by atoms with E-state index < -0.39 is 34.5 Å². The number of nitriles is 3. The smallest absolute Gasteiger partial charge is 0.218 e. The first kappa shape index (κ1) is 22.1. The molecule has 0 spiro atoms. The number of methoxy groups -OCH3 is 1. The number of anilines is 1. The van der Waals surface area contributed by atoms with E-state index in [9.17, 15) is 15.8 Å². The minimum atomic E-state index is -2.03. The monoisotopic (exact) mass is 441 g/mol. The van der Waals surface area contributed by atoms with Gasteiger partial charge in [0, 0.05) is 26.7 Å². The number of fused-ring (bicyclic) bond motifs is 2. The van der Waals surface area contributed by atoms with Crippen molar-refractivity contribution in [2.75, 3.05) is 26.1 Å². The summed E-state index contributed by atoms with van der Waals surface area (Å²) in [7, 11) is 5.35. The van der Waals surface area contributed by atoms with Crippen LogP contribution < -0.4 is 9.64 Å². The van der Waals surface area contributed by atoms with E-state index in [2.05, 4.69) is 18.2 Å². The van der Waals surface area contributed by atoms with Crippen molar-refractivity contribution in [2.24, 2.45) is 10.8 Å². The van der Waals surface area contributed by atoms with E-state index in [1.165, 1.54) is 0 Å². The van der Waals surface area contributed by atoms with E-state index >= 15 is 0 Å². The molecular formula is C25H23N5O3. The van der Waals surface area contributed by atoms with Gasteiger partial charge in [-0.25, -0.2) is 0 Å². The maximum atomic E-state index is 10.5. The molecule has 2 aliphatic heterocycles. The summed E-state index contributed by atoms with van der Waals surface area (Å²) < 4.78 is 17.5. The van der Waals surface area contributed by atoms with Gasteiger partial charge in [-0.1, -0.05) is 24.3 Å². The van der Waals surface area contributed by atoms with Gasteiger partial charge < -0.3 is 19.1 Å². The number of benzene rings is 2. The molecule has 2 bridgehead atoms. The molecule has 0 radical (unpaired) electrons. The second kappa shape index (κ2) is 7.52. The van der Waals surface area contributed by atoms with Crippen molar-refractivity contribution in [2.45, 2.75) is 24.7 Å². The Bertz CT molecular complexity index is 1210. The van der Waals surface area contributed by atoms with Crippen LogP contribution in [0.5, 0.6) is 5.75 Å². The Hall–Kier alpha value is -4.06. The van der Waals surface area contributed by atoms with Crippen molar-refractivity contribution in [3.63, 3.8) is 0 Å². The molecule has 4 unspecified atom stereocenters. The molecule has 33 heavy (non-hydrogen) atoms. The van der Waals surface area contributed by atoms with Gasteiger partial charge in [-0.2, -0.15) is 15.8 Å². The zero-order valence-corrected chi connectivity index (χ0v) is 18.8. The maximum Gasteiger partial charge on any atom is 0.218 e. The number of rotatable bonds is 4. The fraction of sp³-hybridized carbons (Fsp3) is 0.360. The zero-order chi connectivity index (χ0) is 24.0. The summed E-state index contributed by atoms with van der Waals surface area (Å²) in [5.41, 5.74) is -1.82. The Labute approximate surface area is 192 Å². The highest BCUT2D eigenvalue weighted by atomic mass is 16.7. The Balaban J connectivity index is 1.95. The first-order chi connectivity index (χ1) is 15.7. The molecular weight excluding hydrogens is 418 g/mol. The Morgan fingerprint density at radius 3 is 2.00 bits per heavy atom. The second-order valence-corrected chi connectivity index (χ2v) is 8.59. The molecule has 0 aromatic heterocycles. The van der Waals surface area contributed by atoms with Crippen LogP contribution in [0.3, 0.4) is 0 Å². The number of nitrogens with one attached hydrogen (secondary N) is 1. The number of hydrogen-bond acceptors (Lipinski definition) is 8. The zero-order valence-electron chi connectivity index (χ0n) is 18.8. The van der Waals surface area contributed by atoms with Crippen LogP contribution in [0.2, 0.25) is 0 Å². The first-order valence-corrected chi connectivity index (χ1v) is 10.3.